The number of aromatic amines is 1. The highest BCUT2D eigenvalue weighted by Crippen LogP contribution is 2.25. The fourth-order valence-electron chi connectivity index (χ4n) is 2.01. The van der Waals surface area contributed by atoms with Gasteiger partial charge in [0.15, 0.2) is 0 Å². The molecule has 3 heterocycles. The van der Waals surface area contributed by atoms with Crippen molar-refractivity contribution in [1.82, 2.24) is 25.1 Å². The molecule has 1 aliphatic rings. The Labute approximate surface area is 106 Å². The molecule has 9 heteroatoms. The van der Waals surface area contributed by atoms with Gasteiger partial charge in [-0.15, -0.1) is 0 Å². The van der Waals surface area contributed by atoms with Crippen LogP contribution in [-0.4, -0.2) is 37.8 Å². The molecule has 1 saturated heterocycles. The Morgan fingerprint density at radius 2 is 2.32 bits per heavy atom. The van der Waals surface area contributed by atoms with E-state index in [1.807, 2.05) is 0 Å². The minimum atomic E-state index is -0.655. The van der Waals surface area contributed by atoms with Crippen molar-refractivity contribution in [2.75, 3.05) is 13.1 Å². The monoisotopic (exact) mass is 262 g/mol. The summed E-state index contributed by atoms with van der Waals surface area (Å²) in [7, 11) is 0. The van der Waals surface area contributed by atoms with Crippen molar-refractivity contribution in [2.24, 2.45) is 0 Å². The van der Waals surface area contributed by atoms with Crippen LogP contribution >= 0.6 is 0 Å². The lowest BCUT2D eigenvalue weighted by molar-refractivity contribution is -0.383. The summed E-state index contributed by atoms with van der Waals surface area (Å²) < 4.78 is 1.01. The summed E-state index contributed by atoms with van der Waals surface area (Å²) in [5.74, 6) is -0.366. The first-order valence-electron chi connectivity index (χ1n) is 5.60. The van der Waals surface area contributed by atoms with Gasteiger partial charge in [-0.3, -0.25) is 4.79 Å². The van der Waals surface area contributed by atoms with Gasteiger partial charge in [0, 0.05) is 19.0 Å². The molecular formula is C10H10N6O3. The van der Waals surface area contributed by atoms with Crippen molar-refractivity contribution < 1.29 is 4.92 Å². The highest BCUT2D eigenvalue weighted by molar-refractivity contribution is 5.80. The van der Waals surface area contributed by atoms with Crippen LogP contribution in [0.2, 0.25) is 0 Å². The molecule has 9 nitrogen and oxygen atoms in total. The van der Waals surface area contributed by atoms with E-state index >= 15 is 0 Å². The van der Waals surface area contributed by atoms with E-state index < -0.39 is 10.7 Å². The van der Waals surface area contributed by atoms with Crippen LogP contribution in [0.5, 0.6) is 0 Å². The SMILES string of the molecule is C=C(n1nc(C2CNC2)c2c(=O)[nH]cnc21)[N+](=O)[O-]. The predicted molar refractivity (Wildman–Crippen MR) is 66.1 cm³/mol. The Balaban J connectivity index is 2.29. The van der Waals surface area contributed by atoms with E-state index in [-0.39, 0.29) is 22.5 Å². The molecule has 2 aromatic rings. The van der Waals surface area contributed by atoms with Crippen molar-refractivity contribution in [3.63, 3.8) is 0 Å². The van der Waals surface area contributed by atoms with Gasteiger partial charge < -0.3 is 20.4 Å². The zero-order chi connectivity index (χ0) is 13.6. The maximum Gasteiger partial charge on any atom is 0.342 e. The number of H-pyrrole nitrogens is 1. The van der Waals surface area contributed by atoms with Crippen LogP contribution in [0.25, 0.3) is 16.9 Å². The van der Waals surface area contributed by atoms with Crippen molar-refractivity contribution in [3.05, 3.63) is 39.1 Å². The predicted octanol–water partition coefficient (Wildman–Crippen LogP) is -0.489. The Morgan fingerprint density at radius 3 is 2.89 bits per heavy atom. The van der Waals surface area contributed by atoms with Crippen LogP contribution in [0.4, 0.5) is 0 Å². The number of hydrogen-bond acceptors (Lipinski definition) is 6. The molecule has 0 radical (unpaired) electrons. The topological polar surface area (TPSA) is 119 Å². The van der Waals surface area contributed by atoms with Crippen molar-refractivity contribution in [3.8, 4) is 0 Å². The van der Waals surface area contributed by atoms with Crippen LogP contribution in [-0.2, 0) is 0 Å². The molecule has 3 rings (SSSR count). The average molecular weight is 262 g/mol. The summed E-state index contributed by atoms with van der Waals surface area (Å²) in [6.45, 7) is 4.73. The number of rotatable bonds is 3. The van der Waals surface area contributed by atoms with Crippen LogP contribution in [0.3, 0.4) is 0 Å². The third kappa shape index (κ3) is 1.63. The molecule has 0 amide bonds. The first kappa shape index (κ1) is 11.5. The summed E-state index contributed by atoms with van der Waals surface area (Å²) in [5.41, 5.74) is 0.327. The molecular weight excluding hydrogens is 252 g/mol. The maximum absolute atomic E-state index is 11.9. The molecule has 0 atom stereocenters. The minimum Gasteiger partial charge on any atom is -0.358 e. The second-order valence-corrected chi connectivity index (χ2v) is 4.26. The Kier molecular flexibility index (Phi) is 2.42. The average Bonchev–Trinajstić information content (AvgIpc) is 2.67. The first-order valence-corrected chi connectivity index (χ1v) is 5.60. The summed E-state index contributed by atoms with van der Waals surface area (Å²) in [6.07, 6.45) is 1.19. The number of fused-ring (bicyclic) bond motifs is 1. The van der Waals surface area contributed by atoms with Gasteiger partial charge in [-0.25, -0.2) is 0 Å². The van der Waals surface area contributed by atoms with Gasteiger partial charge in [0.2, 0.25) is 0 Å². The number of nitro groups is 1. The van der Waals surface area contributed by atoms with Crippen LogP contribution < -0.4 is 10.9 Å². The molecule has 98 valence electrons. The largest absolute Gasteiger partial charge is 0.358 e. The summed E-state index contributed by atoms with van der Waals surface area (Å²) >= 11 is 0. The third-order valence-corrected chi connectivity index (χ3v) is 3.12. The number of nitrogens with one attached hydrogen (secondary N) is 2. The zero-order valence-corrected chi connectivity index (χ0v) is 9.79. The van der Waals surface area contributed by atoms with E-state index in [2.05, 4.69) is 27.0 Å². The molecule has 2 aromatic heterocycles. The van der Waals surface area contributed by atoms with Gasteiger partial charge in [-0.1, -0.05) is 9.78 Å². The van der Waals surface area contributed by atoms with Crippen molar-refractivity contribution in [1.29, 1.82) is 0 Å². The van der Waals surface area contributed by atoms with Gasteiger partial charge in [-0.2, -0.15) is 4.98 Å². The minimum absolute atomic E-state index is 0.0635. The fourth-order valence-corrected chi connectivity index (χ4v) is 2.01. The number of aromatic nitrogens is 4. The molecule has 0 unspecified atom stereocenters. The van der Waals surface area contributed by atoms with E-state index in [0.29, 0.717) is 18.8 Å². The normalized spacial score (nSPS) is 15.4. The van der Waals surface area contributed by atoms with Gasteiger partial charge in [0.05, 0.1) is 6.33 Å². The van der Waals surface area contributed by atoms with E-state index in [1.165, 1.54) is 6.33 Å². The summed E-state index contributed by atoms with van der Waals surface area (Å²) in [6, 6.07) is 0. The highest BCUT2D eigenvalue weighted by Gasteiger charge is 2.31. The zero-order valence-electron chi connectivity index (χ0n) is 9.79. The van der Waals surface area contributed by atoms with Crippen LogP contribution in [0.1, 0.15) is 11.6 Å². The lowest BCUT2D eigenvalue weighted by Gasteiger charge is -2.24. The Bertz CT molecular complexity index is 741. The molecule has 1 fully saturated rings. The maximum atomic E-state index is 11.9. The second kappa shape index (κ2) is 3.99. The van der Waals surface area contributed by atoms with Crippen molar-refractivity contribution in [2.45, 2.75) is 5.92 Å². The van der Waals surface area contributed by atoms with Crippen LogP contribution in [0.15, 0.2) is 17.7 Å². The molecule has 19 heavy (non-hydrogen) atoms. The third-order valence-electron chi connectivity index (χ3n) is 3.12. The lowest BCUT2D eigenvalue weighted by Crippen LogP contribution is -2.40. The molecule has 0 saturated carbocycles. The summed E-state index contributed by atoms with van der Waals surface area (Å²) in [4.78, 5) is 28.5. The Morgan fingerprint density at radius 1 is 1.58 bits per heavy atom. The smallest absolute Gasteiger partial charge is 0.342 e. The lowest BCUT2D eigenvalue weighted by atomic mass is 9.98. The standard InChI is InChI=1S/C10H10N6O3/c1-5(16(18)19)15-9-7(10(17)13-4-12-9)8(14-15)6-2-11-3-6/h4,6,11H,1-3H2,(H,12,13,17). The number of hydrogen-bond donors (Lipinski definition) is 2. The molecule has 0 aliphatic carbocycles. The second-order valence-electron chi connectivity index (χ2n) is 4.26. The van der Waals surface area contributed by atoms with Gasteiger partial charge in [0.1, 0.15) is 11.1 Å². The molecule has 0 aromatic carbocycles. The molecule has 0 spiro atoms. The number of nitrogens with zero attached hydrogens (tertiary/aromatic N) is 4. The van der Waals surface area contributed by atoms with Crippen molar-refractivity contribution >= 4 is 16.9 Å². The Hall–Kier alpha value is -2.55. The quantitative estimate of drug-likeness (QED) is 0.569. The van der Waals surface area contributed by atoms with Gasteiger partial charge >= 0.3 is 5.82 Å². The highest BCUT2D eigenvalue weighted by atomic mass is 16.6. The van der Waals surface area contributed by atoms with Gasteiger partial charge in [-0.05, 0) is 11.5 Å². The molecule has 0 bridgehead atoms. The molecule has 1 aliphatic heterocycles. The van der Waals surface area contributed by atoms with E-state index in [0.717, 1.165) is 4.68 Å². The van der Waals surface area contributed by atoms with E-state index in [9.17, 15) is 14.9 Å². The summed E-state index contributed by atoms with van der Waals surface area (Å²) in [5, 5.41) is 18.3. The molecule has 2 N–H and O–H groups in total. The van der Waals surface area contributed by atoms with Crippen LogP contribution in [0, 0.1) is 10.1 Å². The first-order chi connectivity index (χ1) is 9.09. The fraction of sp³-hybridized carbons (Fsp3) is 0.300. The van der Waals surface area contributed by atoms with E-state index in [1.54, 1.807) is 0 Å². The van der Waals surface area contributed by atoms with E-state index in [4.69, 9.17) is 0 Å². The van der Waals surface area contributed by atoms with Gasteiger partial charge in [0.25, 0.3) is 11.2 Å².